The number of nitrogens with one attached hydrogen (secondary N) is 1. The van der Waals surface area contributed by atoms with Crippen molar-refractivity contribution in [1.29, 1.82) is 0 Å². The third kappa shape index (κ3) is 2.66. The molecule has 0 aromatic carbocycles. The molecule has 1 fully saturated rings. The van der Waals surface area contributed by atoms with Gasteiger partial charge in [-0.1, -0.05) is 6.42 Å². The van der Waals surface area contributed by atoms with E-state index in [2.05, 4.69) is 10.3 Å². The average molecular weight is 253 g/mol. The van der Waals surface area contributed by atoms with Gasteiger partial charge in [0, 0.05) is 24.4 Å². The zero-order chi connectivity index (χ0) is 12.3. The molecule has 0 aliphatic heterocycles. The Kier molecular flexibility index (Phi) is 3.79. The van der Waals surface area contributed by atoms with E-state index >= 15 is 0 Å². The van der Waals surface area contributed by atoms with E-state index in [4.69, 9.17) is 5.73 Å². The summed E-state index contributed by atoms with van der Waals surface area (Å²) in [5.74, 6) is 0.0951. The number of carbonyl (C=O) groups is 1. The van der Waals surface area contributed by atoms with Gasteiger partial charge in [0.25, 0.3) is 0 Å². The second-order valence-corrected chi connectivity index (χ2v) is 5.62. The zero-order valence-electron chi connectivity index (χ0n) is 10.1. The number of nitrogens with two attached hydrogens (primary N) is 1. The van der Waals surface area contributed by atoms with Gasteiger partial charge >= 0.3 is 0 Å². The molecule has 0 saturated heterocycles. The maximum Gasteiger partial charge on any atom is 0.227 e. The van der Waals surface area contributed by atoms with E-state index in [0.717, 1.165) is 31.4 Å². The van der Waals surface area contributed by atoms with Crippen LogP contribution in [0.1, 0.15) is 31.9 Å². The largest absolute Gasteiger partial charge is 0.355 e. The molecule has 0 radical (unpaired) electrons. The van der Waals surface area contributed by atoms with Crippen molar-refractivity contribution in [1.82, 2.24) is 10.3 Å². The lowest BCUT2D eigenvalue weighted by atomic mass is 9.84. The van der Waals surface area contributed by atoms with Crippen LogP contribution in [0.3, 0.4) is 0 Å². The highest BCUT2D eigenvalue weighted by Crippen LogP contribution is 2.36. The van der Waals surface area contributed by atoms with Gasteiger partial charge in [0.15, 0.2) is 0 Å². The van der Waals surface area contributed by atoms with Crippen LogP contribution in [0, 0.1) is 5.41 Å². The molecule has 0 bridgehead atoms. The molecule has 2 unspecified atom stereocenters. The van der Waals surface area contributed by atoms with Crippen LogP contribution in [0.15, 0.2) is 10.9 Å². The van der Waals surface area contributed by atoms with Crippen molar-refractivity contribution in [2.45, 2.75) is 38.6 Å². The number of nitrogens with zero attached hydrogens (tertiary/aromatic N) is 1. The number of thiazole rings is 1. The van der Waals surface area contributed by atoms with Crippen molar-refractivity contribution in [2.24, 2.45) is 11.1 Å². The molecule has 1 aliphatic rings. The first-order chi connectivity index (χ1) is 8.13. The minimum atomic E-state index is -0.373. The van der Waals surface area contributed by atoms with E-state index in [1.807, 2.05) is 17.8 Å². The fraction of sp³-hybridized carbons (Fsp3) is 0.667. The maximum absolute atomic E-state index is 12.1. The summed E-state index contributed by atoms with van der Waals surface area (Å²) >= 11 is 1.58. The van der Waals surface area contributed by atoms with Gasteiger partial charge in [0.05, 0.1) is 16.6 Å². The lowest BCUT2D eigenvalue weighted by Gasteiger charge is -2.27. The molecule has 1 heterocycles. The van der Waals surface area contributed by atoms with E-state index in [0.29, 0.717) is 6.54 Å². The number of carbonyl (C=O) groups excluding carboxylic acids is 1. The van der Waals surface area contributed by atoms with E-state index in [9.17, 15) is 4.79 Å². The van der Waals surface area contributed by atoms with Gasteiger partial charge in [-0.2, -0.15) is 0 Å². The quantitative estimate of drug-likeness (QED) is 0.850. The number of hydrogen-bond donors (Lipinski definition) is 2. The van der Waals surface area contributed by atoms with Crippen LogP contribution in [-0.4, -0.2) is 23.5 Å². The number of hydrogen-bond acceptors (Lipinski definition) is 4. The summed E-state index contributed by atoms with van der Waals surface area (Å²) in [5, 5.41) is 4.99. The Hall–Kier alpha value is -0.940. The molecule has 1 saturated carbocycles. The van der Waals surface area contributed by atoms with Gasteiger partial charge in [0.2, 0.25) is 5.91 Å². The molecule has 1 aliphatic carbocycles. The predicted octanol–water partition coefficient (Wildman–Crippen LogP) is 1.32. The Balaban J connectivity index is 1.81. The Bertz CT molecular complexity index is 379. The average Bonchev–Trinajstić information content (AvgIpc) is 2.91. The van der Waals surface area contributed by atoms with Crippen molar-refractivity contribution in [2.75, 3.05) is 6.54 Å². The lowest BCUT2D eigenvalue weighted by Crippen LogP contribution is -2.47. The molecule has 94 valence electrons. The fourth-order valence-corrected chi connectivity index (χ4v) is 2.94. The maximum atomic E-state index is 12.1. The molecule has 17 heavy (non-hydrogen) atoms. The minimum Gasteiger partial charge on any atom is -0.355 e. The monoisotopic (exact) mass is 253 g/mol. The third-order valence-electron chi connectivity index (χ3n) is 3.70. The van der Waals surface area contributed by atoms with Gasteiger partial charge in [-0.15, -0.1) is 11.3 Å². The van der Waals surface area contributed by atoms with Gasteiger partial charge < -0.3 is 11.1 Å². The van der Waals surface area contributed by atoms with E-state index in [1.165, 1.54) is 0 Å². The predicted molar refractivity (Wildman–Crippen MR) is 68.8 cm³/mol. The molecule has 5 heteroatoms. The van der Waals surface area contributed by atoms with Crippen LogP contribution in [0.4, 0.5) is 0 Å². The van der Waals surface area contributed by atoms with Crippen LogP contribution in [0.2, 0.25) is 0 Å². The first-order valence-corrected chi connectivity index (χ1v) is 6.98. The number of rotatable bonds is 4. The van der Waals surface area contributed by atoms with Crippen molar-refractivity contribution in [3.63, 3.8) is 0 Å². The molecule has 3 N–H and O–H groups in total. The number of aromatic nitrogens is 1. The molecular formula is C12H19N3OS. The van der Waals surface area contributed by atoms with Crippen molar-refractivity contribution < 1.29 is 4.79 Å². The standard InChI is InChI=1S/C12H19N3OS/c1-12(5-2-3-10(12)13)11(16)14-6-4-9-7-17-8-15-9/h7-8,10H,2-6,13H2,1H3,(H,14,16). The summed E-state index contributed by atoms with van der Waals surface area (Å²) < 4.78 is 0. The summed E-state index contributed by atoms with van der Waals surface area (Å²) in [4.78, 5) is 16.3. The van der Waals surface area contributed by atoms with E-state index in [1.54, 1.807) is 11.3 Å². The summed E-state index contributed by atoms with van der Waals surface area (Å²) in [6.45, 7) is 2.62. The van der Waals surface area contributed by atoms with Crippen LogP contribution >= 0.6 is 11.3 Å². The molecule has 0 spiro atoms. The highest BCUT2D eigenvalue weighted by atomic mass is 32.1. The second kappa shape index (κ2) is 5.14. The molecule has 1 aromatic heterocycles. The molecule has 2 rings (SSSR count). The molecule has 1 amide bonds. The lowest BCUT2D eigenvalue weighted by molar-refractivity contribution is -0.130. The van der Waals surface area contributed by atoms with Gasteiger partial charge in [-0.25, -0.2) is 4.98 Å². The van der Waals surface area contributed by atoms with Gasteiger partial charge in [0.1, 0.15) is 0 Å². The zero-order valence-corrected chi connectivity index (χ0v) is 10.9. The van der Waals surface area contributed by atoms with Crippen LogP contribution < -0.4 is 11.1 Å². The summed E-state index contributed by atoms with van der Waals surface area (Å²) in [6.07, 6.45) is 3.70. The highest BCUT2D eigenvalue weighted by Gasteiger charge is 2.42. The first kappa shape index (κ1) is 12.5. The molecular weight excluding hydrogens is 234 g/mol. The number of amides is 1. The summed E-state index contributed by atoms with van der Waals surface area (Å²) in [6, 6.07) is 0.00164. The van der Waals surface area contributed by atoms with Crippen LogP contribution in [0.25, 0.3) is 0 Å². The first-order valence-electron chi connectivity index (χ1n) is 6.04. The van der Waals surface area contributed by atoms with Crippen molar-refractivity contribution in [3.05, 3.63) is 16.6 Å². The topological polar surface area (TPSA) is 68.0 Å². The van der Waals surface area contributed by atoms with Crippen molar-refractivity contribution >= 4 is 17.2 Å². The third-order valence-corrected chi connectivity index (χ3v) is 4.33. The fourth-order valence-electron chi connectivity index (χ4n) is 2.34. The van der Waals surface area contributed by atoms with Crippen LogP contribution in [0.5, 0.6) is 0 Å². The summed E-state index contributed by atoms with van der Waals surface area (Å²) in [7, 11) is 0. The van der Waals surface area contributed by atoms with E-state index < -0.39 is 0 Å². The normalized spacial score (nSPS) is 28.2. The SMILES string of the molecule is CC1(C(=O)NCCc2cscn2)CCCC1N. The Morgan fingerprint density at radius 3 is 3.18 bits per heavy atom. The molecule has 4 nitrogen and oxygen atoms in total. The summed E-state index contributed by atoms with van der Waals surface area (Å²) in [5.41, 5.74) is 8.49. The minimum absolute atomic E-state index is 0.00164. The van der Waals surface area contributed by atoms with E-state index in [-0.39, 0.29) is 17.4 Å². The van der Waals surface area contributed by atoms with Gasteiger partial charge in [-0.3, -0.25) is 4.79 Å². The smallest absolute Gasteiger partial charge is 0.227 e. The Labute approximate surface area is 106 Å². The molecule has 1 aromatic rings. The van der Waals surface area contributed by atoms with Crippen LogP contribution in [-0.2, 0) is 11.2 Å². The second-order valence-electron chi connectivity index (χ2n) is 4.90. The Morgan fingerprint density at radius 2 is 2.59 bits per heavy atom. The van der Waals surface area contributed by atoms with Crippen molar-refractivity contribution in [3.8, 4) is 0 Å². The molecule has 2 atom stereocenters. The van der Waals surface area contributed by atoms with Gasteiger partial charge in [-0.05, 0) is 19.8 Å². The highest BCUT2D eigenvalue weighted by molar-refractivity contribution is 7.07. The Morgan fingerprint density at radius 1 is 1.76 bits per heavy atom.